The van der Waals surface area contributed by atoms with E-state index in [9.17, 15) is 4.79 Å². The van der Waals surface area contributed by atoms with Gasteiger partial charge in [-0.3, -0.25) is 9.48 Å². The second-order valence-electron chi connectivity index (χ2n) is 6.96. The lowest BCUT2D eigenvalue weighted by atomic mass is 10.1. The van der Waals surface area contributed by atoms with Crippen molar-refractivity contribution in [3.05, 3.63) is 70.1 Å². The topological polar surface area (TPSA) is 86.3 Å². The first-order valence-corrected chi connectivity index (χ1v) is 9.60. The van der Waals surface area contributed by atoms with Gasteiger partial charge in [0, 0.05) is 38.0 Å². The molecule has 2 heterocycles. The molecule has 0 saturated carbocycles. The molecular formula is C21H24ClN5O2. The first kappa shape index (κ1) is 20.8. The average Bonchev–Trinajstić information content (AvgIpc) is 2.94. The SMILES string of the molecule is Cc1nn(C)c(Cl)c1CN(C)CCc1ccc(Oc2ccc(C(N)=O)cn2)cc1. The number of likely N-dealkylation sites (N-methyl/N-ethyl adjacent to an activating group) is 1. The number of hydrogen-bond donors (Lipinski definition) is 1. The molecule has 0 radical (unpaired) electrons. The molecule has 0 aliphatic heterocycles. The molecule has 0 aliphatic carbocycles. The Labute approximate surface area is 175 Å². The van der Waals surface area contributed by atoms with Crippen LogP contribution in [-0.2, 0) is 20.0 Å². The van der Waals surface area contributed by atoms with Gasteiger partial charge in [-0.1, -0.05) is 23.7 Å². The maximum Gasteiger partial charge on any atom is 0.250 e. The van der Waals surface area contributed by atoms with E-state index >= 15 is 0 Å². The molecule has 2 N–H and O–H groups in total. The van der Waals surface area contributed by atoms with Crippen molar-refractivity contribution in [2.45, 2.75) is 19.9 Å². The van der Waals surface area contributed by atoms with E-state index in [2.05, 4.69) is 22.0 Å². The summed E-state index contributed by atoms with van der Waals surface area (Å²) < 4.78 is 7.41. The summed E-state index contributed by atoms with van der Waals surface area (Å²) in [7, 11) is 3.92. The second kappa shape index (κ2) is 9.07. The van der Waals surface area contributed by atoms with Gasteiger partial charge in [0.25, 0.3) is 0 Å². The number of pyridine rings is 1. The maximum absolute atomic E-state index is 11.1. The lowest BCUT2D eigenvalue weighted by Crippen LogP contribution is -2.21. The van der Waals surface area contributed by atoms with E-state index in [4.69, 9.17) is 22.1 Å². The fourth-order valence-corrected chi connectivity index (χ4v) is 3.19. The van der Waals surface area contributed by atoms with Crippen LogP contribution in [0.4, 0.5) is 0 Å². The Morgan fingerprint density at radius 2 is 1.97 bits per heavy atom. The van der Waals surface area contributed by atoms with Gasteiger partial charge < -0.3 is 15.4 Å². The number of ether oxygens (including phenoxy) is 1. The standard InChI is InChI=1S/C21H24ClN5O2/c1-14-18(20(22)27(3)25-14)13-26(2)11-10-15-4-7-17(8-5-15)29-19-9-6-16(12-24-19)21(23)28/h4-9,12H,10-11,13H2,1-3H3,(H2,23,28). The normalized spacial score (nSPS) is 11.1. The quantitative estimate of drug-likeness (QED) is 0.612. The largest absolute Gasteiger partial charge is 0.439 e. The fourth-order valence-electron chi connectivity index (χ4n) is 2.95. The zero-order valence-corrected chi connectivity index (χ0v) is 17.5. The zero-order chi connectivity index (χ0) is 21.0. The number of primary amides is 1. The van der Waals surface area contributed by atoms with Crippen molar-refractivity contribution in [1.29, 1.82) is 0 Å². The zero-order valence-electron chi connectivity index (χ0n) is 16.7. The van der Waals surface area contributed by atoms with E-state index < -0.39 is 5.91 Å². The first-order chi connectivity index (χ1) is 13.8. The lowest BCUT2D eigenvalue weighted by molar-refractivity contribution is 0.1000. The molecule has 0 fully saturated rings. The number of nitrogens with zero attached hydrogens (tertiary/aromatic N) is 4. The first-order valence-electron chi connectivity index (χ1n) is 9.22. The predicted octanol–water partition coefficient (Wildman–Crippen LogP) is 3.34. The summed E-state index contributed by atoms with van der Waals surface area (Å²) in [6, 6.07) is 11.1. The second-order valence-corrected chi connectivity index (χ2v) is 7.32. The van der Waals surface area contributed by atoms with Crippen LogP contribution in [0.1, 0.15) is 27.2 Å². The highest BCUT2D eigenvalue weighted by Crippen LogP contribution is 2.22. The van der Waals surface area contributed by atoms with Gasteiger partial charge in [0.2, 0.25) is 11.8 Å². The molecule has 8 heteroatoms. The van der Waals surface area contributed by atoms with E-state index in [1.165, 1.54) is 11.8 Å². The number of aromatic nitrogens is 3. The van der Waals surface area contributed by atoms with Gasteiger partial charge in [0.15, 0.2) is 0 Å². The number of benzene rings is 1. The third kappa shape index (κ3) is 5.34. The molecular weight excluding hydrogens is 390 g/mol. The molecule has 3 aromatic rings. The van der Waals surface area contributed by atoms with Crippen molar-refractivity contribution in [1.82, 2.24) is 19.7 Å². The lowest BCUT2D eigenvalue weighted by Gasteiger charge is -2.16. The number of aryl methyl sites for hydroxylation is 2. The molecule has 7 nitrogen and oxygen atoms in total. The third-order valence-corrected chi connectivity index (χ3v) is 5.12. The molecule has 3 rings (SSSR count). The van der Waals surface area contributed by atoms with Crippen molar-refractivity contribution in [2.75, 3.05) is 13.6 Å². The molecule has 0 atom stereocenters. The van der Waals surface area contributed by atoms with E-state index in [0.29, 0.717) is 22.3 Å². The number of hydrogen-bond acceptors (Lipinski definition) is 5. The molecule has 1 amide bonds. The smallest absolute Gasteiger partial charge is 0.250 e. The van der Waals surface area contributed by atoms with Crippen LogP contribution in [0.15, 0.2) is 42.6 Å². The van der Waals surface area contributed by atoms with Crippen LogP contribution in [0, 0.1) is 6.92 Å². The number of halogens is 1. The monoisotopic (exact) mass is 413 g/mol. The Morgan fingerprint density at radius 3 is 2.52 bits per heavy atom. The number of rotatable bonds is 8. The molecule has 0 unspecified atom stereocenters. The van der Waals surface area contributed by atoms with E-state index in [0.717, 1.165) is 30.8 Å². The van der Waals surface area contributed by atoms with Crippen molar-refractivity contribution in [3.8, 4) is 11.6 Å². The van der Waals surface area contributed by atoms with Crippen LogP contribution in [-0.4, -0.2) is 39.2 Å². The van der Waals surface area contributed by atoms with Crippen molar-refractivity contribution < 1.29 is 9.53 Å². The van der Waals surface area contributed by atoms with E-state index in [-0.39, 0.29) is 0 Å². The highest BCUT2D eigenvalue weighted by molar-refractivity contribution is 6.30. The summed E-state index contributed by atoms with van der Waals surface area (Å²) in [5, 5.41) is 5.04. The van der Waals surface area contributed by atoms with Crippen LogP contribution in [0.25, 0.3) is 0 Å². The van der Waals surface area contributed by atoms with Gasteiger partial charge in [-0.15, -0.1) is 0 Å². The number of nitrogens with two attached hydrogens (primary N) is 1. The molecule has 0 bridgehead atoms. The number of amides is 1. The van der Waals surface area contributed by atoms with Crippen molar-refractivity contribution in [2.24, 2.45) is 12.8 Å². The van der Waals surface area contributed by atoms with Crippen molar-refractivity contribution in [3.63, 3.8) is 0 Å². The highest BCUT2D eigenvalue weighted by Gasteiger charge is 2.13. The van der Waals surface area contributed by atoms with E-state index in [1.807, 2.05) is 38.2 Å². The summed E-state index contributed by atoms with van der Waals surface area (Å²) in [4.78, 5) is 17.4. The summed E-state index contributed by atoms with van der Waals surface area (Å²) in [5.41, 5.74) is 8.78. The minimum absolute atomic E-state index is 0.347. The van der Waals surface area contributed by atoms with Gasteiger partial charge >= 0.3 is 0 Å². The van der Waals surface area contributed by atoms with Gasteiger partial charge in [-0.25, -0.2) is 4.98 Å². The van der Waals surface area contributed by atoms with Crippen LogP contribution in [0.2, 0.25) is 5.15 Å². The summed E-state index contributed by atoms with van der Waals surface area (Å²) in [6.07, 6.45) is 2.30. The van der Waals surface area contributed by atoms with Crippen LogP contribution >= 0.6 is 11.6 Å². The fraction of sp³-hybridized carbons (Fsp3) is 0.286. The van der Waals surface area contributed by atoms with Crippen LogP contribution in [0.3, 0.4) is 0 Å². The van der Waals surface area contributed by atoms with E-state index in [1.54, 1.807) is 16.8 Å². The number of carbonyl (C=O) groups is 1. The Hall–Kier alpha value is -2.90. The van der Waals surface area contributed by atoms with Gasteiger partial charge in [0.05, 0.1) is 11.3 Å². The Bertz CT molecular complexity index is 984. The molecule has 152 valence electrons. The predicted molar refractivity (Wildman–Crippen MR) is 112 cm³/mol. The highest BCUT2D eigenvalue weighted by atomic mass is 35.5. The Kier molecular flexibility index (Phi) is 6.51. The summed E-state index contributed by atoms with van der Waals surface area (Å²) >= 11 is 6.32. The molecule has 29 heavy (non-hydrogen) atoms. The summed E-state index contributed by atoms with van der Waals surface area (Å²) in [5.74, 6) is 0.574. The maximum atomic E-state index is 11.1. The molecule has 1 aromatic carbocycles. The van der Waals surface area contributed by atoms with Gasteiger partial charge in [-0.2, -0.15) is 5.10 Å². The summed E-state index contributed by atoms with van der Waals surface area (Å²) in [6.45, 7) is 3.62. The third-order valence-electron chi connectivity index (χ3n) is 4.65. The molecule has 2 aromatic heterocycles. The minimum Gasteiger partial charge on any atom is -0.439 e. The Balaban J connectivity index is 1.53. The van der Waals surface area contributed by atoms with Gasteiger partial charge in [-0.05, 0) is 44.2 Å². The van der Waals surface area contributed by atoms with Crippen LogP contribution < -0.4 is 10.5 Å². The van der Waals surface area contributed by atoms with Crippen LogP contribution in [0.5, 0.6) is 11.6 Å². The Morgan fingerprint density at radius 1 is 1.24 bits per heavy atom. The molecule has 0 aliphatic rings. The average molecular weight is 414 g/mol. The van der Waals surface area contributed by atoms with Gasteiger partial charge in [0.1, 0.15) is 10.9 Å². The molecule has 0 spiro atoms. The van der Waals surface area contributed by atoms with Crippen molar-refractivity contribution >= 4 is 17.5 Å². The minimum atomic E-state index is -0.515. The number of carbonyl (C=O) groups excluding carboxylic acids is 1. The molecule has 0 saturated heterocycles.